The molecule has 5 nitrogen and oxygen atoms in total. The summed E-state index contributed by atoms with van der Waals surface area (Å²) < 4.78 is 17.9. The first kappa shape index (κ1) is 18.3. The summed E-state index contributed by atoms with van der Waals surface area (Å²) in [6, 6.07) is 13.3. The van der Waals surface area contributed by atoms with Gasteiger partial charge in [0.1, 0.15) is 12.2 Å². The second kappa shape index (κ2) is 6.92. The van der Waals surface area contributed by atoms with Crippen molar-refractivity contribution in [2.75, 3.05) is 20.7 Å². The van der Waals surface area contributed by atoms with E-state index in [1.165, 1.54) is 11.1 Å². The van der Waals surface area contributed by atoms with Gasteiger partial charge in [0.25, 0.3) is 0 Å². The van der Waals surface area contributed by atoms with E-state index in [0.29, 0.717) is 12.0 Å². The topological polar surface area (TPSA) is 48.0 Å². The molecule has 0 fully saturated rings. The zero-order valence-electron chi connectivity index (χ0n) is 16.8. The highest BCUT2D eigenvalue weighted by Crippen LogP contribution is 2.55. The number of benzene rings is 2. The van der Waals surface area contributed by atoms with Gasteiger partial charge in [0.2, 0.25) is 0 Å². The van der Waals surface area contributed by atoms with E-state index in [-0.39, 0.29) is 23.6 Å². The molecule has 1 spiro atoms. The first-order chi connectivity index (χ1) is 14.1. The third kappa shape index (κ3) is 2.92. The molecule has 0 aromatic heterocycles. The number of rotatable bonds is 3. The monoisotopic (exact) mass is 391 g/mol. The zero-order valence-corrected chi connectivity index (χ0v) is 16.8. The highest BCUT2D eigenvalue weighted by molar-refractivity contribution is 5.89. The minimum Gasteiger partial charge on any atom is -0.493 e. The van der Waals surface area contributed by atoms with Crippen LogP contribution in [0, 0.1) is 0 Å². The molecule has 1 aliphatic carbocycles. The lowest BCUT2D eigenvalue weighted by Crippen LogP contribution is -2.43. The van der Waals surface area contributed by atoms with E-state index >= 15 is 0 Å². The van der Waals surface area contributed by atoms with Crippen molar-refractivity contribution < 1.29 is 19.0 Å². The zero-order chi connectivity index (χ0) is 20.0. The number of ether oxygens (including phenoxy) is 3. The van der Waals surface area contributed by atoms with Crippen molar-refractivity contribution in [1.82, 2.24) is 4.90 Å². The summed E-state index contributed by atoms with van der Waals surface area (Å²) in [5.74, 6) is 1.32. The van der Waals surface area contributed by atoms with Crippen LogP contribution < -0.4 is 9.47 Å². The summed E-state index contributed by atoms with van der Waals surface area (Å²) in [4.78, 5) is 14.9. The molecule has 0 saturated heterocycles. The summed E-state index contributed by atoms with van der Waals surface area (Å²) in [5.41, 5.74) is 2.90. The molecule has 3 atom stereocenters. The van der Waals surface area contributed by atoms with Crippen molar-refractivity contribution in [3.63, 3.8) is 0 Å². The Bertz CT molecular complexity index is 970. The van der Waals surface area contributed by atoms with Crippen molar-refractivity contribution in [2.45, 2.75) is 37.0 Å². The molecule has 2 aromatic rings. The highest BCUT2D eigenvalue weighted by Gasteiger charge is 2.53. The molecule has 0 amide bonds. The smallest absolute Gasteiger partial charge is 0.338 e. The molecule has 5 heteroatoms. The molecule has 3 aliphatic rings. The normalized spacial score (nSPS) is 27.4. The van der Waals surface area contributed by atoms with Gasteiger partial charge in [0.05, 0.1) is 18.1 Å². The second-order valence-corrected chi connectivity index (χ2v) is 8.17. The first-order valence-electron chi connectivity index (χ1n) is 10.1. The highest BCUT2D eigenvalue weighted by atomic mass is 16.6. The average molecular weight is 391 g/mol. The van der Waals surface area contributed by atoms with Gasteiger partial charge < -0.3 is 19.1 Å². The van der Waals surface area contributed by atoms with E-state index in [0.717, 1.165) is 31.0 Å². The Balaban J connectivity index is 1.48. The van der Waals surface area contributed by atoms with Crippen LogP contribution >= 0.6 is 0 Å². The minimum absolute atomic E-state index is 0.0716. The van der Waals surface area contributed by atoms with Gasteiger partial charge in [-0.15, -0.1) is 0 Å². The summed E-state index contributed by atoms with van der Waals surface area (Å²) >= 11 is 0. The number of nitrogens with zero attached hydrogens (tertiary/aromatic N) is 1. The lowest BCUT2D eigenvalue weighted by Gasteiger charge is -2.36. The molecule has 0 radical (unpaired) electrons. The number of carbonyl (C=O) groups excluding carboxylic acids is 1. The van der Waals surface area contributed by atoms with Gasteiger partial charge in [0.15, 0.2) is 11.5 Å². The Labute approximate surface area is 170 Å². The molecule has 150 valence electrons. The second-order valence-electron chi connectivity index (χ2n) is 8.17. The van der Waals surface area contributed by atoms with Gasteiger partial charge >= 0.3 is 5.97 Å². The molecule has 0 N–H and O–H groups in total. The minimum atomic E-state index is -0.303. The molecule has 2 aliphatic heterocycles. The quantitative estimate of drug-likeness (QED) is 0.590. The predicted molar refractivity (Wildman–Crippen MR) is 109 cm³/mol. The Hall–Kier alpha value is -2.79. The third-order valence-electron chi connectivity index (χ3n) is 6.40. The van der Waals surface area contributed by atoms with Gasteiger partial charge in [-0.25, -0.2) is 4.79 Å². The Morgan fingerprint density at radius 3 is 2.83 bits per heavy atom. The Morgan fingerprint density at radius 2 is 2.03 bits per heavy atom. The molecule has 0 saturated carbocycles. The maximum Gasteiger partial charge on any atom is 0.338 e. The SMILES string of the molecule is COc1ccc2c3c1OC1CC(OC(=O)c4ccccc4)C=CC31CCN(C)C2. The average Bonchev–Trinajstić information content (AvgIpc) is 3.00. The number of hydrogen-bond donors (Lipinski definition) is 0. The number of methoxy groups -OCH3 is 1. The van der Waals surface area contributed by atoms with E-state index < -0.39 is 0 Å². The van der Waals surface area contributed by atoms with Crippen LogP contribution in [-0.2, 0) is 16.7 Å². The summed E-state index contributed by atoms with van der Waals surface area (Å²) in [5, 5.41) is 0. The van der Waals surface area contributed by atoms with Crippen LogP contribution in [-0.4, -0.2) is 43.8 Å². The number of carbonyl (C=O) groups is 1. The van der Waals surface area contributed by atoms with Gasteiger partial charge in [-0.05, 0) is 49.9 Å². The molecule has 0 bridgehead atoms. The molecule has 29 heavy (non-hydrogen) atoms. The fraction of sp³-hybridized carbons (Fsp3) is 0.375. The molecule has 5 rings (SSSR count). The molecular formula is C24H25NO4. The van der Waals surface area contributed by atoms with Crippen LogP contribution in [0.3, 0.4) is 0 Å². The summed E-state index contributed by atoms with van der Waals surface area (Å²) in [7, 11) is 3.83. The molecular weight excluding hydrogens is 366 g/mol. The van der Waals surface area contributed by atoms with Gasteiger partial charge in [-0.2, -0.15) is 0 Å². The van der Waals surface area contributed by atoms with Crippen LogP contribution in [0.4, 0.5) is 0 Å². The summed E-state index contributed by atoms with van der Waals surface area (Å²) in [6.45, 7) is 1.87. The molecule has 2 heterocycles. The van der Waals surface area contributed by atoms with Crippen LogP contribution in [0.25, 0.3) is 0 Å². The van der Waals surface area contributed by atoms with Crippen LogP contribution in [0.1, 0.15) is 34.3 Å². The van der Waals surface area contributed by atoms with Gasteiger partial charge in [-0.1, -0.05) is 30.3 Å². The van der Waals surface area contributed by atoms with Crippen molar-refractivity contribution >= 4 is 5.97 Å². The van der Waals surface area contributed by atoms with E-state index in [1.54, 1.807) is 19.2 Å². The van der Waals surface area contributed by atoms with Crippen molar-refractivity contribution in [1.29, 1.82) is 0 Å². The summed E-state index contributed by atoms with van der Waals surface area (Å²) in [6.07, 6.45) is 5.50. The van der Waals surface area contributed by atoms with Crippen molar-refractivity contribution in [2.24, 2.45) is 0 Å². The predicted octanol–water partition coefficient (Wildman–Crippen LogP) is 3.72. The third-order valence-corrected chi connectivity index (χ3v) is 6.40. The van der Waals surface area contributed by atoms with Crippen LogP contribution in [0.5, 0.6) is 11.5 Å². The van der Waals surface area contributed by atoms with Crippen LogP contribution in [0.15, 0.2) is 54.6 Å². The standard InChI is InChI=1S/C24H25NO4/c1-25-13-12-24-11-10-18(28-23(26)16-6-4-3-5-7-16)14-20(24)29-22-19(27-2)9-8-17(15-25)21(22)24/h3-11,18,20H,12-15H2,1-2H3. The number of esters is 1. The van der Waals surface area contributed by atoms with Crippen LogP contribution in [0.2, 0.25) is 0 Å². The van der Waals surface area contributed by atoms with Gasteiger partial charge in [-0.3, -0.25) is 0 Å². The fourth-order valence-electron chi connectivity index (χ4n) is 4.93. The fourth-order valence-corrected chi connectivity index (χ4v) is 4.93. The van der Waals surface area contributed by atoms with E-state index in [1.807, 2.05) is 30.3 Å². The Morgan fingerprint density at radius 1 is 1.21 bits per heavy atom. The first-order valence-corrected chi connectivity index (χ1v) is 10.1. The largest absolute Gasteiger partial charge is 0.493 e. The lowest BCUT2D eigenvalue weighted by molar-refractivity contribution is 0.0218. The number of hydrogen-bond acceptors (Lipinski definition) is 5. The van der Waals surface area contributed by atoms with E-state index in [9.17, 15) is 4.79 Å². The van der Waals surface area contributed by atoms with Crippen molar-refractivity contribution in [3.8, 4) is 11.5 Å². The lowest BCUT2D eigenvalue weighted by atomic mass is 9.69. The van der Waals surface area contributed by atoms with E-state index in [2.05, 4.69) is 24.1 Å². The maximum absolute atomic E-state index is 12.5. The maximum atomic E-state index is 12.5. The van der Waals surface area contributed by atoms with E-state index in [4.69, 9.17) is 14.2 Å². The Kier molecular flexibility index (Phi) is 4.36. The molecule has 3 unspecified atom stereocenters. The van der Waals surface area contributed by atoms with Gasteiger partial charge in [0, 0.05) is 18.5 Å². The van der Waals surface area contributed by atoms with Crippen molar-refractivity contribution in [3.05, 3.63) is 71.3 Å². The molecule has 2 aromatic carbocycles.